The Balaban J connectivity index is 0.000000362. The van der Waals surface area contributed by atoms with Crippen molar-refractivity contribution in [1.29, 1.82) is 0 Å². The van der Waals surface area contributed by atoms with E-state index in [0.29, 0.717) is 33.1 Å². The van der Waals surface area contributed by atoms with Gasteiger partial charge >= 0.3 is 5.91 Å². The maximum Gasteiger partial charge on any atom is 0.321 e. The Bertz CT molecular complexity index is 2430. The second kappa shape index (κ2) is 14.6. The average molecular weight is 728 g/mol. The van der Waals surface area contributed by atoms with E-state index in [1.807, 2.05) is 6.92 Å². The quantitative estimate of drug-likeness (QED) is 0.0870. The number of imidazole rings is 1. The summed E-state index contributed by atoms with van der Waals surface area (Å²) in [4.78, 5) is 29.2. The Labute approximate surface area is 296 Å². The molecule has 7 rings (SSSR count). The van der Waals surface area contributed by atoms with Gasteiger partial charge in [-0.25, -0.2) is 13.8 Å². The summed E-state index contributed by atoms with van der Waals surface area (Å²) in [5.41, 5.74) is 2.42. The molecule has 266 valence electrons. The molecule has 1 aliphatic carbocycles. The van der Waals surface area contributed by atoms with Crippen molar-refractivity contribution in [3.63, 3.8) is 0 Å². The molecule has 0 radical (unpaired) electrons. The van der Waals surface area contributed by atoms with Gasteiger partial charge in [-0.05, 0) is 87.4 Å². The van der Waals surface area contributed by atoms with E-state index < -0.39 is 27.7 Å². The van der Waals surface area contributed by atoms with Gasteiger partial charge in [0.05, 0.1) is 22.9 Å². The third-order valence-electron chi connectivity index (χ3n) is 7.98. The van der Waals surface area contributed by atoms with E-state index in [0.717, 1.165) is 24.5 Å². The molecule has 0 saturated heterocycles. The lowest BCUT2D eigenvalue weighted by Crippen LogP contribution is -2.39. The zero-order chi connectivity index (χ0) is 37.2. The second-order valence-corrected chi connectivity index (χ2v) is 13.5. The largest absolute Gasteiger partial charge is 0.618 e. The first kappa shape index (κ1) is 35.6. The number of benzene rings is 3. The van der Waals surface area contributed by atoms with E-state index in [1.54, 1.807) is 60.1 Å². The van der Waals surface area contributed by atoms with Crippen LogP contribution in [-0.4, -0.2) is 34.2 Å². The summed E-state index contributed by atoms with van der Waals surface area (Å²) in [6.45, 7) is 3.52. The fraction of sp³-hybridized carbons (Fsp3) is 0.135. The maximum absolute atomic E-state index is 14.9. The van der Waals surface area contributed by atoms with E-state index in [2.05, 4.69) is 15.6 Å². The van der Waals surface area contributed by atoms with Gasteiger partial charge in [0.25, 0.3) is 15.8 Å². The Morgan fingerprint density at radius 2 is 1.69 bits per heavy atom. The number of fused-ring (bicyclic) bond motifs is 1. The Hall–Kier alpha value is -6.19. The maximum atomic E-state index is 14.9. The van der Waals surface area contributed by atoms with Gasteiger partial charge in [0, 0.05) is 29.3 Å². The summed E-state index contributed by atoms with van der Waals surface area (Å²) >= 11 is 0. The van der Waals surface area contributed by atoms with E-state index in [1.165, 1.54) is 48.5 Å². The number of aromatic nitrogens is 3. The van der Waals surface area contributed by atoms with Crippen LogP contribution < -0.4 is 20.1 Å². The van der Waals surface area contributed by atoms with Gasteiger partial charge in [-0.3, -0.25) is 14.1 Å². The van der Waals surface area contributed by atoms with Crippen LogP contribution >= 0.6 is 0 Å². The van der Waals surface area contributed by atoms with Crippen molar-refractivity contribution >= 4 is 39.1 Å². The molecule has 1 aliphatic rings. The van der Waals surface area contributed by atoms with Crippen LogP contribution in [0.25, 0.3) is 16.9 Å². The number of hydrogen-bond acceptors (Lipinski definition) is 7. The van der Waals surface area contributed by atoms with E-state index >= 15 is 0 Å². The molecule has 6 aromatic rings. The molecule has 3 N–H and O–H groups in total. The topological polar surface area (TPSA) is 166 Å². The molecule has 52 heavy (non-hydrogen) atoms. The molecule has 0 aliphatic heterocycles. The van der Waals surface area contributed by atoms with Crippen LogP contribution in [0.2, 0.25) is 0 Å². The van der Waals surface area contributed by atoms with Crippen LogP contribution in [0.3, 0.4) is 0 Å². The highest BCUT2D eigenvalue weighted by Crippen LogP contribution is 2.31. The molecule has 0 spiro atoms. The number of carbonyl (C=O) groups excluding carboxylic acids is 2. The molecule has 3 aromatic carbocycles. The van der Waals surface area contributed by atoms with Crippen LogP contribution in [0.15, 0.2) is 108 Å². The molecular formula is C37H31F2N5O7S. The van der Waals surface area contributed by atoms with Gasteiger partial charge < -0.3 is 25.0 Å². The summed E-state index contributed by atoms with van der Waals surface area (Å²) in [7, 11) is -4.02. The summed E-state index contributed by atoms with van der Waals surface area (Å²) in [5.74, 6) is -1.38. The van der Waals surface area contributed by atoms with Crippen molar-refractivity contribution in [2.75, 3.05) is 10.6 Å². The fourth-order valence-corrected chi connectivity index (χ4v) is 5.62. The van der Waals surface area contributed by atoms with Gasteiger partial charge in [-0.2, -0.15) is 13.1 Å². The van der Waals surface area contributed by atoms with Crippen molar-refractivity contribution in [2.45, 2.75) is 31.6 Å². The lowest BCUT2D eigenvalue weighted by Gasteiger charge is -2.13. The predicted octanol–water partition coefficient (Wildman–Crippen LogP) is 6.86. The fourth-order valence-electron chi connectivity index (χ4n) is 5.14. The second-order valence-electron chi connectivity index (χ2n) is 12.1. The van der Waals surface area contributed by atoms with Crippen LogP contribution in [0, 0.1) is 36.6 Å². The monoisotopic (exact) mass is 727 g/mol. The standard InChI is InChI=1S/C30H23F2N5O4.C7H8O3S/c1-17-5-10-24(37(40)28(17)19-3-2-4-20(31)13-19)30(39)33-21-8-11-25(23(32)14-21)41-22-9-12-27-34-26(16-36(27)15-22)35-29(38)18-6-7-18;1-6-2-4-7(5-3-6)11(8,9)10/h2-5,8-16,18H,6-7H2,1H3,(H,33,39)(H,35,38);2-5H,1H3,(H,8,9,10). The van der Waals surface area contributed by atoms with Gasteiger partial charge in [-0.15, -0.1) is 0 Å². The molecular weight excluding hydrogens is 696 g/mol. The number of nitrogens with zero attached hydrogens (tertiary/aromatic N) is 3. The minimum atomic E-state index is -4.02. The number of amides is 2. The molecule has 1 saturated carbocycles. The molecule has 2 amide bonds. The smallest absolute Gasteiger partial charge is 0.321 e. The highest BCUT2D eigenvalue weighted by Gasteiger charge is 2.30. The van der Waals surface area contributed by atoms with Crippen molar-refractivity contribution in [2.24, 2.45) is 5.92 Å². The number of ether oxygens (including phenoxy) is 1. The lowest BCUT2D eigenvalue weighted by molar-refractivity contribution is -0.596. The van der Waals surface area contributed by atoms with Crippen LogP contribution in [0.5, 0.6) is 11.5 Å². The highest BCUT2D eigenvalue weighted by molar-refractivity contribution is 7.85. The number of carbonyl (C=O) groups is 2. The van der Waals surface area contributed by atoms with E-state index in [9.17, 15) is 32.0 Å². The van der Waals surface area contributed by atoms with Crippen molar-refractivity contribution < 1.29 is 40.8 Å². The minimum Gasteiger partial charge on any atom is -0.618 e. The number of rotatable bonds is 8. The number of hydrogen-bond donors (Lipinski definition) is 3. The SMILES string of the molecule is Cc1ccc(C(=O)Nc2ccc(Oc3ccc4nc(NC(=O)C5CC5)cn4c3)c(F)c2)[n+]([O-])c1-c1cccc(F)c1.Cc1ccc(S(=O)(=O)O)cc1. The summed E-state index contributed by atoms with van der Waals surface area (Å²) in [5, 5.41) is 18.4. The third-order valence-corrected chi connectivity index (χ3v) is 8.84. The zero-order valence-electron chi connectivity index (χ0n) is 27.7. The Morgan fingerprint density at radius 1 is 0.942 bits per heavy atom. The van der Waals surface area contributed by atoms with Gasteiger partial charge in [-0.1, -0.05) is 23.8 Å². The number of anilines is 2. The minimum absolute atomic E-state index is 0.0464. The molecule has 1 fully saturated rings. The first-order valence-electron chi connectivity index (χ1n) is 15.9. The summed E-state index contributed by atoms with van der Waals surface area (Å²) in [6.07, 6.45) is 5.01. The summed E-state index contributed by atoms with van der Waals surface area (Å²) < 4.78 is 66.0. The van der Waals surface area contributed by atoms with Gasteiger partial charge in [0.1, 0.15) is 17.2 Å². The van der Waals surface area contributed by atoms with Crippen LogP contribution in [0.1, 0.15) is 34.5 Å². The lowest BCUT2D eigenvalue weighted by atomic mass is 10.1. The van der Waals surface area contributed by atoms with E-state index in [4.69, 9.17) is 9.29 Å². The van der Waals surface area contributed by atoms with Crippen LogP contribution in [-0.2, 0) is 14.9 Å². The molecule has 0 atom stereocenters. The van der Waals surface area contributed by atoms with Crippen molar-refractivity contribution in [1.82, 2.24) is 9.38 Å². The van der Waals surface area contributed by atoms with Gasteiger partial charge in [0.2, 0.25) is 11.6 Å². The van der Waals surface area contributed by atoms with E-state index in [-0.39, 0.29) is 39.5 Å². The number of pyridine rings is 2. The Kier molecular flexibility index (Phi) is 9.99. The van der Waals surface area contributed by atoms with Crippen molar-refractivity contribution in [3.05, 3.63) is 137 Å². The van der Waals surface area contributed by atoms with Gasteiger partial charge in [0.15, 0.2) is 17.4 Å². The molecule has 15 heteroatoms. The molecule has 0 bridgehead atoms. The average Bonchev–Trinajstić information content (AvgIpc) is 3.86. The third kappa shape index (κ3) is 8.39. The number of nitrogens with one attached hydrogen (secondary N) is 2. The molecule has 3 aromatic heterocycles. The molecule has 3 heterocycles. The number of halogens is 2. The molecule has 0 unspecified atom stereocenters. The zero-order valence-corrected chi connectivity index (χ0v) is 28.5. The van der Waals surface area contributed by atoms with Crippen molar-refractivity contribution in [3.8, 4) is 22.8 Å². The first-order chi connectivity index (χ1) is 24.7. The highest BCUT2D eigenvalue weighted by atomic mass is 32.2. The summed E-state index contributed by atoms with van der Waals surface area (Å²) in [6, 6.07) is 21.6. The van der Waals surface area contributed by atoms with Crippen LogP contribution in [0.4, 0.5) is 20.3 Å². The normalized spacial score (nSPS) is 12.5. The first-order valence-corrected chi connectivity index (χ1v) is 17.3. The number of aryl methyl sites for hydroxylation is 2. The molecule has 12 nitrogen and oxygen atoms in total. The predicted molar refractivity (Wildman–Crippen MR) is 187 cm³/mol. The Morgan fingerprint density at radius 3 is 2.37 bits per heavy atom.